The predicted molar refractivity (Wildman–Crippen MR) is 148 cm³/mol. The summed E-state index contributed by atoms with van der Waals surface area (Å²) in [6, 6.07) is 4.28. The van der Waals surface area contributed by atoms with Crippen molar-refractivity contribution in [1.29, 1.82) is 0 Å². The molecule has 0 radical (unpaired) electrons. The van der Waals surface area contributed by atoms with Gasteiger partial charge in [0.2, 0.25) is 11.7 Å². The fourth-order valence-electron chi connectivity index (χ4n) is 3.32. The topological polar surface area (TPSA) is 121 Å². The molecule has 3 rings (SSSR count). The van der Waals surface area contributed by atoms with Gasteiger partial charge < -0.3 is 19.3 Å². The van der Waals surface area contributed by atoms with E-state index in [9.17, 15) is 9.90 Å². The van der Waals surface area contributed by atoms with Gasteiger partial charge in [0, 0.05) is 44.3 Å². The second-order valence-corrected chi connectivity index (χ2v) is 17.2. The number of nitrogens with zero attached hydrogens (tertiary/aromatic N) is 5. The Bertz CT molecular complexity index is 1310. The molecule has 0 fully saturated rings. The SMILES string of the molecule is Cc1cc(OCC(C)(C)C(=O)O)ncc1-c1cnc(-c2nc(OC(C)C)n(COCC[Si](C)(C)C)n2)c(F)c1. The molecule has 0 aliphatic rings. The largest absolute Gasteiger partial charge is 0.481 e. The Labute approximate surface area is 229 Å². The van der Waals surface area contributed by atoms with Crippen LogP contribution < -0.4 is 9.47 Å². The van der Waals surface area contributed by atoms with Crippen LogP contribution in [0.2, 0.25) is 25.7 Å². The zero-order chi connectivity index (χ0) is 29.0. The van der Waals surface area contributed by atoms with Crippen molar-refractivity contribution < 1.29 is 28.5 Å². The molecule has 0 saturated carbocycles. The third-order valence-corrected chi connectivity index (χ3v) is 7.50. The van der Waals surface area contributed by atoms with Gasteiger partial charge in [0.15, 0.2) is 5.82 Å². The molecular formula is C27H38FN5O5Si. The predicted octanol–water partition coefficient (Wildman–Crippen LogP) is 5.44. The van der Waals surface area contributed by atoms with Gasteiger partial charge in [-0.1, -0.05) is 19.6 Å². The molecule has 39 heavy (non-hydrogen) atoms. The van der Waals surface area contributed by atoms with Gasteiger partial charge in [0.25, 0.3) is 0 Å². The molecule has 10 nitrogen and oxygen atoms in total. The second-order valence-electron chi connectivity index (χ2n) is 11.6. The lowest BCUT2D eigenvalue weighted by molar-refractivity contribution is -0.148. The summed E-state index contributed by atoms with van der Waals surface area (Å²) in [5.74, 6) is -1.17. The Morgan fingerprint density at radius 3 is 2.49 bits per heavy atom. The summed E-state index contributed by atoms with van der Waals surface area (Å²) in [6.45, 7) is 16.3. The maximum atomic E-state index is 15.3. The standard InChI is InChI=1S/C27H38FN5O5Si/c1-17(2)38-26-31-24(32-33(26)16-36-9-10-39(6,7)8)23-21(28)12-19(13-30-23)20-14-29-22(11-18(20)3)37-15-27(4,5)25(34)35/h11-14,17H,9-10,15-16H2,1-8H3,(H,34,35). The first-order valence-corrected chi connectivity index (χ1v) is 16.6. The highest BCUT2D eigenvalue weighted by atomic mass is 28.3. The van der Waals surface area contributed by atoms with Crippen molar-refractivity contribution in [3.05, 3.63) is 35.9 Å². The monoisotopic (exact) mass is 559 g/mol. The summed E-state index contributed by atoms with van der Waals surface area (Å²) in [7, 11) is -1.24. The van der Waals surface area contributed by atoms with E-state index in [0.29, 0.717) is 17.7 Å². The zero-order valence-corrected chi connectivity index (χ0v) is 24.9. The van der Waals surface area contributed by atoms with Gasteiger partial charge in [-0.15, -0.1) is 5.10 Å². The quantitative estimate of drug-likeness (QED) is 0.215. The molecule has 0 atom stereocenters. The van der Waals surface area contributed by atoms with Gasteiger partial charge in [-0.2, -0.15) is 9.67 Å². The van der Waals surface area contributed by atoms with Crippen molar-refractivity contribution in [3.8, 4) is 34.5 Å². The fraction of sp³-hybridized carbons (Fsp3) is 0.519. The van der Waals surface area contributed by atoms with Crippen LogP contribution in [0.4, 0.5) is 4.39 Å². The molecule has 212 valence electrons. The van der Waals surface area contributed by atoms with Crippen LogP contribution in [0, 0.1) is 18.2 Å². The Morgan fingerprint density at radius 1 is 1.18 bits per heavy atom. The normalized spacial score (nSPS) is 12.2. The Kier molecular flexibility index (Phi) is 9.44. The number of aryl methyl sites for hydroxylation is 1. The van der Waals surface area contributed by atoms with Gasteiger partial charge in [0.1, 0.15) is 19.0 Å². The number of carbonyl (C=O) groups is 1. The van der Waals surface area contributed by atoms with E-state index in [-0.39, 0.29) is 42.9 Å². The minimum Gasteiger partial charge on any atom is -0.481 e. The third-order valence-electron chi connectivity index (χ3n) is 5.80. The van der Waals surface area contributed by atoms with Crippen molar-refractivity contribution in [2.75, 3.05) is 13.2 Å². The number of pyridine rings is 2. The number of aliphatic carboxylic acids is 1. The summed E-state index contributed by atoms with van der Waals surface area (Å²) in [6.07, 6.45) is 2.93. The van der Waals surface area contributed by atoms with E-state index >= 15 is 4.39 Å². The minimum atomic E-state index is -1.24. The van der Waals surface area contributed by atoms with Crippen LogP contribution in [0.1, 0.15) is 33.3 Å². The Morgan fingerprint density at radius 2 is 1.90 bits per heavy atom. The van der Waals surface area contributed by atoms with Crippen LogP contribution in [0.15, 0.2) is 24.5 Å². The lowest BCUT2D eigenvalue weighted by Gasteiger charge is -2.19. The first kappa shape index (κ1) is 30.2. The molecule has 0 aliphatic carbocycles. The van der Waals surface area contributed by atoms with Crippen LogP contribution in [-0.2, 0) is 16.3 Å². The van der Waals surface area contributed by atoms with E-state index in [1.165, 1.54) is 16.9 Å². The number of halogens is 1. The van der Waals surface area contributed by atoms with Gasteiger partial charge in [0.05, 0.1) is 11.5 Å². The average molecular weight is 560 g/mol. The maximum absolute atomic E-state index is 15.3. The first-order valence-electron chi connectivity index (χ1n) is 12.8. The second kappa shape index (κ2) is 12.2. The lowest BCUT2D eigenvalue weighted by atomic mass is 9.95. The highest BCUT2D eigenvalue weighted by molar-refractivity contribution is 6.76. The number of carboxylic acids is 1. The first-order chi connectivity index (χ1) is 18.2. The smallest absolute Gasteiger partial charge is 0.317 e. The van der Waals surface area contributed by atoms with Crippen LogP contribution in [-0.4, -0.2) is 63.2 Å². The van der Waals surface area contributed by atoms with E-state index in [4.69, 9.17) is 14.2 Å². The molecule has 0 spiro atoms. The van der Waals surface area contributed by atoms with Crippen molar-refractivity contribution in [1.82, 2.24) is 24.7 Å². The van der Waals surface area contributed by atoms with Crippen LogP contribution in [0.3, 0.4) is 0 Å². The van der Waals surface area contributed by atoms with Crippen molar-refractivity contribution in [2.24, 2.45) is 5.41 Å². The van der Waals surface area contributed by atoms with E-state index in [1.54, 1.807) is 26.1 Å². The lowest BCUT2D eigenvalue weighted by Crippen LogP contribution is -2.30. The highest BCUT2D eigenvalue weighted by Crippen LogP contribution is 2.29. The highest BCUT2D eigenvalue weighted by Gasteiger charge is 2.28. The minimum absolute atomic E-state index is 0.00493. The van der Waals surface area contributed by atoms with E-state index in [1.807, 2.05) is 20.8 Å². The van der Waals surface area contributed by atoms with Gasteiger partial charge in [-0.25, -0.2) is 14.4 Å². The summed E-state index contributed by atoms with van der Waals surface area (Å²) in [4.78, 5) is 24.3. The molecule has 1 N–H and O–H groups in total. The van der Waals surface area contributed by atoms with E-state index in [0.717, 1.165) is 11.6 Å². The number of rotatable bonds is 13. The number of carboxylic acid groups (broad SMARTS) is 1. The maximum Gasteiger partial charge on any atom is 0.317 e. The zero-order valence-electron chi connectivity index (χ0n) is 23.9. The van der Waals surface area contributed by atoms with Gasteiger partial charge in [-0.3, -0.25) is 4.79 Å². The van der Waals surface area contributed by atoms with Crippen LogP contribution in [0.5, 0.6) is 11.9 Å². The molecule has 0 unspecified atom stereocenters. The molecule has 0 bridgehead atoms. The number of aromatic nitrogens is 5. The molecule has 0 aliphatic heterocycles. The summed E-state index contributed by atoms with van der Waals surface area (Å²) in [5.41, 5.74) is 0.891. The molecule has 0 aromatic carbocycles. The molecule has 3 aromatic rings. The molecular weight excluding hydrogens is 521 g/mol. The Hall–Kier alpha value is -3.38. The molecule has 3 aromatic heterocycles. The molecule has 0 amide bonds. The van der Waals surface area contributed by atoms with E-state index in [2.05, 4.69) is 39.7 Å². The van der Waals surface area contributed by atoms with Gasteiger partial charge in [-0.05, 0) is 52.3 Å². The van der Waals surface area contributed by atoms with Crippen LogP contribution in [0.25, 0.3) is 22.6 Å². The third kappa shape index (κ3) is 8.30. The summed E-state index contributed by atoms with van der Waals surface area (Å²) < 4.78 is 33.9. The summed E-state index contributed by atoms with van der Waals surface area (Å²) in [5, 5.41) is 13.7. The van der Waals surface area contributed by atoms with E-state index < -0.39 is 25.3 Å². The van der Waals surface area contributed by atoms with Crippen molar-refractivity contribution in [3.63, 3.8) is 0 Å². The Balaban J connectivity index is 1.80. The fourth-order valence-corrected chi connectivity index (χ4v) is 4.07. The van der Waals surface area contributed by atoms with Crippen molar-refractivity contribution >= 4 is 14.0 Å². The van der Waals surface area contributed by atoms with Crippen molar-refractivity contribution in [2.45, 2.75) is 73.1 Å². The number of ether oxygens (including phenoxy) is 3. The van der Waals surface area contributed by atoms with Gasteiger partial charge >= 0.3 is 12.0 Å². The van der Waals surface area contributed by atoms with Crippen LogP contribution >= 0.6 is 0 Å². The number of hydrogen-bond donors (Lipinski definition) is 1. The number of hydrogen-bond acceptors (Lipinski definition) is 8. The molecule has 3 heterocycles. The molecule has 0 saturated heterocycles. The average Bonchev–Trinajstić information content (AvgIpc) is 3.21. The molecule has 12 heteroatoms. The summed E-state index contributed by atoms with van der Waals surface area (Å²) >= 11 is 0.